The number of carbonyl (C=O) groups is 1. The highest BCUT2D eigenvalue weighted by molar-refractivity contribution is 7.20. The van der Waals surface area contributed by atoms with E-state index >= 15 is 0 Å². The molecule has 2 heterocycles. The zero-order valence-corrected chi connectivity index (χ0v) is 11.7. The normalized spacial score (nSPS) is 11.0. The average Bonchev–Trinajstić information content (AvgIpc) is 2.91. The lowest BCUT2D eigenvalue weighted by Gasteiger charge is -2.05. The third kappa shape index (κ3) is 2.48. The van der Waals surface area contributed by atoms with Crippen molar-refractivity contribution in [1.82, 2.24) is 9.55 Å². The number of carboxylic acids is 1. The van der Waals surface area contributed by atoms with E-state index < -0.39 is 23.2 Å². The molecule has 0 spiro atoms. The van der Waals surface area contributed by atoms with Crippen LogP contribution >= 0.6 is 11.3 Å². The van der Waals surface area contributed by atoms with Crippen molar-refractivity contribution in [3.05, 3.63) is 63.0 Å². The Morgan fingerprint density at radius 2 is 2.05 bits per heavy atom. The molecular weight excluding hydrogens is 314 g/mol. The molecule has 0 atom stereocenters. The highest BCUT2D eigenvalue weighted by Crippen LogP contribution is 2.20. The fourth-order valence-electron chi connectivity index (χ4n) is 2.00. The molecule has 0 unspecified atom stereocenters. The number of hydrogen-bond acceptors (Lipinski definition) is 4. The van der Waals surface area contributed by atoms with E-state index in [-0.39, 0.29) is 16.1 Å². The number of carboxylic acid groups (broad SMARTS) is 1. The van der Waals surface area contributed by atoms with Crippen LogP contribution < -0.4 is 5.56 Å². The molecule has 22 heavy (non-hydrogen) atoms. The van der Waals surface area contributed by atoms with Gasteiger partial charge in [0, 0.05) is 0 Å². The van der Waals surface area contributed by atoms with Crippen LogP contribution in [0.4, 0.5) is 8.78 Å². The second-order valence-corrected chi connectivity index (χ2v) is 5.61. The molecule has 0 aliphatic carbocycles. The highest BCUT2D eigenvalue weighted by Gasteiger charge is 2.13. The Balaban J connectivity index is 2.04. The predicted octanol–water partition coefficient (Wildman–Crippen LogP) is 2.48. The molecule has 0 radical (unpaired) electrons. The van der Waals surface area contributed by atoms with Gasteiger partial charge in [0.05, 0.1) is 18.4 Å². The smallest absolute Gasteiger partial charge is 0.345 e. The topological polar surface area (TPSA) is 72.2 Å². The molecule has 2 aromatic heterocycles. The first-order chi connectivity index (χ1) is 10.5. The van der Waals surface area contributed by atoms with Crippen LogP contribution in [0.25, 0.3) is 10.2 Å². The van der Waals surface area contributed by atoms with Crippen LogP contribution in [-0.2, 0) is 6.54 Å². The zero-order chi connectivity index (χ0) is 15.9. The van der Waals surface area contributed by atoms with Gasteiger partial charge in [-0.25, -0.2) is 18.6 Å². The summed E-state index contributed by atoms with van der Waals surface area (Å²) in [5, 5.41) is 8.93. The molecule has 3 rings (SSSR count). The molecule has 0 fully saturated rings. The predicted molar refractivity (Wildman–Crippen MR) is 76.3 cm³/mol. The summed E-state index contributed by atoms with van der Waals surface area (Å²) in [6.07, 6.45) is 1.25. The van der Waals surface area contributed by atoms with Crippen molar-refractivity contribution >= 4 is 27.5 Å². The molecule has 0 amide bonds. The van der Waals surface area contributed by atoms with E-state index in [0.29, 0.717) is 11.1 Å². The first-order valence-corrected chi connectivity index (χ1v) is 6.93. The average molecular weight is 322 g/mol. The highest BCUT2D eigenvalue weighted by atomic mass is 32.1. The van der Waals surface area contributed by atoms with Gasteiger partial charge in [-0.05, 0) is 23.8 Å². The van der Waals surface area contributed by atoms with E-state index in [1.54, 1.807) is 0 Å². The van der Waals surface area contributed by atoms with Crippen LogP contribution in [0, 0.1) is 11.6 Å². The Morgan fingerprint density at radius 3 is 2.73 bits per heavy atom. The summed E-state index contributed by atoms with van der Waals surface area (Å²) in [5.41, 5.74) is 0.276. The van der Waals surface area contributed by atoms with E-state index in [1.165, 1.54) is 23.0 Å². The zero-order valence-electron chi connectivity index (χ0n) is 10.9. The molecular formula is C14H8F2N2O3S. The number of halogens is 2. The van der Waals surface area contributed by atoms with Crippen molar-refractivity contribution in [3.8, 4) is 0 Å². The fraction of sp³-hybridized carbons (Fsp3) is 0.0714. The minimum atomic E-state index is -1.13. The number of benzene rings is 1. The molecule has 0 saturated carbocycles. The molecule has 112 valence electrons. The van der Waals surface area contributed by atoms with Crippen molar-refractivity contribution in [3.63, 3.8) is 0 Å². The van der Waals surface area contributed by atoms with Gasteiger partial charge in [0.2, 0.25) is 0 Å². The number of fused-ring (bicyclic) bond motifs is 1. The second-order valence-electron chi connectivity index (χ2n) is 4.56. The summed E-state index contributed by atoms with van der Waals surface area (Å²) in [5.74, 6) is -3.09. The molecule has 0 saturated heterocycles. The maximum Gasteiger partial charge on any atom is 0.345 e. The van der Waals surface area contributed by atoms with E-state index in [4.69, 9.17) is 5.11 Å². The third-order valence-electron chi connectivity index (χ3n) is 3.05. The summed E-state index contributed by atoms with van der Waals surface area (Å²) >= 11 is 0.833. The molecule has 5 nitrogen and oxygen atoms in total. The van der Waals surface area contributed by atoms with Crippen molar-refractivity contribution in [2.75, 3.05) is 0 Å². The lowest BCUT2D eigenvalue weighted by Crippen LogP contribution is -2.20. The number of aromatic nitrogens is 2. The van der Waals surface area contributed by atoms with Crippen molar-refractivity contribution < 1.29 is 18.7 Å². The minimum absolute atomic E-state index is 0.0132. The fourth-order valence-corrected chi connectivity index (χ4v) is 2.90. The summed E-state index contributed by atoms with van der Waals surface area (Å²) in [6.45, 7) is 0.0132. The van der Waals surface area contributed by atoms with Gasteiger partial charge in [0.25, 0.3) is 5.56 Å². The molecule has 1 N–H and O–H groups in total. The molecule has 0 aliphatic rings. The first-order valence-electron chi connectivity index (χ1n) is 6.12. The summed E-state index contributed by atoms with van der Waals surface area (Å²) in [7, 11) is 0. The Labute approximate surface area is 126 Å². The first kappa shape index (κ1) is 14.3. The molecule has 8 heteroatoms. The number of hydrogen-bond donors (Lipinski definition) is 1. The number of thiophene rings is 1. The quantitative estimate of drug-likeness (QED) is 0.804. The maximum atomic E-state index is 13.2. The summed E-state index contributed by atoms with van der Waals surface area (Å²) in [6, 6.07) is 4.68. The van der Waals surface area contributed by atoms with E-state index in [1.807, 2.05) is 0 Å². The van der Waals surface area contributed by atoms with Gasteiger partial charge in [0.1, 0.15) is 9.58 Å². The minimum Gasteiger partial charge on any atom is -0.477 e. The van der Waals surface area contributed by atoms with Gasteiger partial charge >= 0.3 is 5.97 Å². The lowest BCUT2D eigenvalue weighted by molar-refractivity contribution is 0.0702. The largest absolute Gasteiger partial charge is 0.477 e. The van der Waals surface area contributed by atoms with Gasteiger partial charge in [-0.3, -0.25) is 9.36 Å². The second kappa shape index (κ2) is 5.30. The molecule has 0 bridgehead atoms. The van der Waals surface area contributed by atoms with E-state index in [2.05, 4.69) is 4.98 Å². The summed E-state index contributed by atoms with van der Waals surface area (Å²) in [4.78, 5) is 27.3. The van der Waals surface area contributed by atoms with Crippen molar-refractivity contribution in [2.45, 2.75) is 6.54 Å². The van der Waals surface area contributed by atoms with E-state index in [9.17, 15) is 18.4 Å². The molecule has 1 aromatic carbocycles. The Hall–Kier alpha value is -2.61. The van der Waals surface area contributed by atoms with Gasteiger partial charge < -0.3 is 5.11 Å². The number of nitrogens with zero attached hydrogens (tertiary/aromatic N) is 2. The third-order valence-corrected chi connectivity index (χ3v) is 4.15. The van der Waals surface area contributed by atoms with Gasteiger partial charge in [0.15, 0.2) is 11.6 Å². The number of rotatable bonds is 3. The van der Waals surface area contributed by atoms with Crippen molar-refractivity contribution in [1.29, 1.82) is 0 Å². The van der Waals surface area contributed by atoms with Gasteiger partial charge in [-0.15, -0.1) is 11.3 Å². The van der Waals surface area contributed by atoms with Crippen LogP contribution in [0.3, 0.4) is 0 Å². The van der Waals surface area contributed by atoms with Crippen molar-refractivity contribution in [2.24, 2.45) is 0 Å². The van der Waals surface area contributed by atoms with Crippen LogP contribution in [0.15, 0.2) is 35.4 Å². The van der Waals surface area contributed by atoms with E-state index in [0.717, 1.165) is 23.5 Å². The monoisotopic (exact) mass is 322 g/mol. The molecule has 3 aromatic rings. The summed E-state index contributed by atoms with van der Waals surface area (Å²) < 4.78 is 27.5. The van der Waals surface area contributed by atoms with Gasteiger partial charge in [-0.1, -0.05) is 6.07 Å². The van der Waals surface area contributed by atoms with Gasteiger partial charge in [-0.2, -0.15) is 0 Å². The SMILES string of the molecule is O=C(O)c1cc2ncn(Cc3ccc(F)c(F)c3)c(=O)c2s1. The Morgan fingerprint density at radius 1 is 1.27 bits per heavy atom. The molecule has 0 aliphatic heterocycles. The van der Waals surface area contributed by atoms with Crippen LogP contribution in [0.2, 0.25) is 0 Å². The maximum absolute atomic E-state index is 13.2. The number of aromatic carboxylic acids is 1. The van der Waals surface area contributed by atoms with Crippen LogP contribution in [-0.4, -0.2) is 20.6 Å². The van der Waals surface area contributed by atoms with Crippen LogP contribution in [0.5, 0.6) is 0 Å². The standard InChI is InChI=1S/C14H8F2N2O3S/c15-8-2-1-7(3-9(8)16)5-18-6-17-10-4-11(14(20)21)22-12(10)13(18)19/h1-4,6H,5H2,(H,20,21). The Kier molecular flexibility index (Phi) is 3.45. The van der Waals surface area contributed by atoms with Crippen LogP contribution in [0.1, 0.15) is 15.2 Å². The Bertz CT molecular complexity index is 949. The lowest BCUT2D eigenvalue weighted by atomic mass is 10.2.